The molecule has 1 aliphatic heterocycles. The zero-order valence-electron chi connectivity index (χ0n) is 14.0. The molecule has 1 atom stereocenters. The van der Waals surface area contributed by atoms with E-state index in [-0.39, 0.29) is 5.91 Å². The van der Waals surface area contributed by atoms with Gasteiger partial charge in [0, 0.05) is 13.0 Å². The predicted molar refractivity (Wildman–Crippen MR) is 93.6 cm³/mol. The highest BCUT2D eigenvalue weighted by Gasteiger charge is 2.12. The molecule has 2 aromatic carbocycles. The van der Waals surface area contributed by atoms with Crippen molar-refractivity contribution in [1.82, 2.24) is 5.32 Å². The molecule has 2 aromatic rings. The van der Waals surface area contributed by atoms with Crippen LogP contribution in [0, 0.1) is 0 Å². The van der Waals surface area contributed by atoms with Gasteiger partial charge in [-0.25, -0.2) is 0 Å². The summed E-state index contributed by atoms with van der Waals surface area (Å²) < 4.78 is 11.1. The van der Waals surface area contributed by atoms with Crippen LogP contribution >= 0.6 is 0 Å². The molecule has 0 saturated heterocycles. The lowest BCUT2D eigenvalue weighted by Gasteiger charge is -2.18. The lowest BCUT2D eigenvalue weighted by molar-refractivity contribution is -0.121. The zero-order valence-corrected chi connectivity index (χ0v) is 14.0. The average molecular weight is 325 g/mol. The van der Waals surface area contributed by atoms with Crippen LogP contribution in [0.3, 0.4) is 0 Å². The fourth-order valence-corrected chi connectivity index (χ4v) is 2.76. The van der Waals surface area contributed by atoms with Crippen molar-refractivity contribution in [3.63, 3.8) is 0 Å². The Bertz CT molecular complexity index is 685. The monoisotopic (exact) mass is 325 g/mol. The second kappa shape index (κ2) is 7.86. The molecule has 1 N–H and O–H groups in total. The standard InChI is InChI=1S/C20H23NO3/c1-15(17-5-3-2-4-6-17)14-21-20(22)10-8-16-7-9-18-19(13-16)24-12-11-23-18/h2-7,9,13,15H,8,10-12,14H2,1H3,(H,21,22)/t15-/m0/s1. The second-order valence-electron chi connectivity index (χ2n) is 6.09. The van der Waals surface area contributed by atoms with Gasteiger partial charge in [-0.1, -0.05) is 43.3 Å². The number of carbonyl (C=O) groups excluding carboxylic acids is 1. The minimum atomic E-state index is 0.0765. The van der Waals surface area contributed by atoms with Crippen LogP contribution in [-0.4, -0.2) is 25.7 Å². The Balaban J connectivity index is 1.46. The first-order chi connectivity index (χ1) is 11.7. The first kappa shape index (κ1) is 16.4. The molecule has 126 valence electrons. The van der Waals surface area contributed by atoms with Crippen LogP contribution in [0.25, 0.3) is 0 Å². The number of amides is 1. The summed E-state index contributed by atoms with van der Waals surface area (Å²) in [5, 5.41) is 3.02. The lowest BCUT2D eigenvalue weighted by atomic mass is 10.0. The van der Waals surface area contributed by atoms with E-state index < -0.39 is 0 Å². The van der Waals surface area contributed by atoms with Gasteiger partial charge in [0.1, 0.15) is 13.2 Å². The number of aryl methyl sites for hydroxylation is 1. The highest BCUT2D eigenvalue weighted by atomic mass is 16.6. The van der Waals surface area contributed by atoms with Crippen LogP contribution in [0.15, 0.2) is 48.5 Å². The highest BCUT2D eigenvalue weighted by Crippen LogP contribution is 2.31. The number of fused-ring (bicyclic) bond motifs is 1. The molecule has 24 heavy (non-hydrogen) atoms. The Morgan fingerprint density at radius 1 is 1.08 bits per heavy atom. The number of nitrogens with one attached hydrogen (secondary N) is 1. The van der Waals surface area contributed by atoms with Crippen molar-refractivity contribution in [3.05, 3.63) is 59.7 Å². The fraction of sp³-hybridized carbons (Fsp3) is 0.350. The average Bonchev–Trinajstić information content (AvgIpc) is 2.65. The van der Waals surface area contributed by atoms with Gasteiger partial charge in [0.2, 0.25) is 5.91 Å². The van der Waals surface area contributed by atoms with Gasteiger partial charge in [-0.15, -0.1) is 0 Å². The third-order valence-corrected chi connectivity index (χ3v) is 4.22. The summed E-state index contributed by atoms with van der Waals surface area (Å²) >= 11 is 0. The highest BCUT2D eigenvalue weighted by molar-refractivity contribution is 5.76. The van der Waals surface area contributed by atoms with Crippen LogP contribution < -0.4 is 14.8 Å². The molecule has 0 aliphatic carbocycles. The molecular formula is C20H23NO3. The second-order valence-corrected chi connectivity index (χ2v) is 6.09. The van der Waals surface area contributed by atoms with E-state index in [4.69, 9.17) is 9.47 Å². The third-order valence-electron chi connectivity index (χ3n) is 4.22. The number of hydrogen-bond donors (Lipinski definition) is 1. The first-order valence-electron chi connectivity index (χ1n) is 8.42. The van der Waals surface area contributed by atoms with Crippen molar-refractivity contribution < 1.29 is 14.3 Å². The fourth-order valence-electron chi connectivity index (χ4n) is 2.76. The van der Waals surface area contributed by atoms with E-state index in [1.165, 1.54) is 5.56 Å². The number of carbonyl (C=O) groups is 1. The van der Waals surface area contributed by atoms with Gasteiger partial charge in [-0.2, -0.15) is 0 Å². The van der Waals surface area contributed by atoms with Gasteiger partial charge in [0.15, 0.2) is 11.5 Å². The summed E-state index contributed by atoms with van der Waals surface area (Å²) in [7, 11) is 0. The summed E-state index contributed by atoms with van der Waals surface area (Å²) in [6.07, 6.45) is 1.17. The summed E-state index contributed by atoms with van der Waals surface area (Å²) in [5.41, 5.74) is 2.33. The molecule has 4 nitrogen and oxygen atoms in total. The Morgan fingerprint density at radius 2 is 1.83 bits per heavy atom. The van der Waals surface area contributed by atoms with Crippen molar-refractivity contribution in [1.29, 1.82) is 0 Å². The van der Waals surface area contributed by atoms with E-state index >= 15 is 0 Å². The third kappa shape index (κ3) is 4.28. The first-order valence-corrected chi connectivity index (χ1v) is 8.42. The Hall–Kier alpha value is -2.49. The molecule has 3 rings (SSSR count). The molecule has 0 fully saturated rings. The molecule has 1 aliphatic rings. The van der Waals surface area contributed by atoms with Crippen LogP contribution in [0.1, 0.15) is 30.4 Å². The molecular weight excluding hydrogens is 302 g/mol. The van der Waals surface area contributed by atoms with E-state index in [0.29, 0.717) is 38.5 Å². The van der Waals surface area contributed by atoms with Crippen LogP contribution in [-0.2, 0) is 11.2 Å². The smallest absolute Gasteiger partial charge is 0.220 e. The molecule has 0 bridgehead atoms. The molecule has 0 saturated carbocycles. The number of hydrogen-bond acceptors (Lipinski definition) is 3. The van der Waals surface area contributed by atoms with Gasteiger partial charge in [-0.05, 0) is 35.6 Å². The van der Waals surface area contributed by atoms with Gasteiger partial charge >= 0.3 is 0 Å². The topological polar surface area (TPSA) is 47.6 Å². The molecule has 0 unspecified atom stereocenters. The van der Waals surface area contributed by atoms with E-state index in [9.17, 15) is 4.79 Å². The molecule has 4 heteroatoms. The molecule has 1 amide bonds. The van der Waals surface area contributed by atoms with Crippen molar-refractivity contribution in [2.75, 3.05) is 19.8 Å². The zero-order chi connectivity index (χ0) is 16.8. The van der Waals surface area contributed by atoms with E-state index in [2.05, 4.69) is 24.4 Å². The lowest BCUT2D eigenvalue weighted by Crippen LogP contribution is -2.27. The van der Waals surface area contributed by atoms with Gasteiger partial charge in [-0.3, -0.25) is 4.79 Å². The van der Waals surface area contributed by atoms with Gasteiger partial charge in [0.25, 0.3) is 0 Å². The summed E-state index contributed by atoms with van der Waals surface area (Å²) in [4.78, 5) is 12.1. The molecule has 0 spiro atoms. The van der Waals surface area contributed by atoms with Crippen molar-refractivity contribution in [2.45, 2.75) is 25.7 Å². The molecule has 1 heterocycles. The summed E-state index contributed by atoms with van der Waals surface area (Å²) in [6, 6.07) is 16.1. The number of rotatable bonds is 6. The summed E-state index contributed by atoms with van der Waals surface area (Å²) in [6.45, 7) is 3.95. The number of benzene rings is 2. The quantitative estimate of drug-likeness (QED) is 0.886. The summed E-state index contributed by atoms with van der Waals surface area (Å²) in [5.74, 6) is 1.94. The SMILES string of the molecule is C[C@@H](CNC(=O)CCc1ccc2c(c1)OCCO2)c1ccccc1. The van der Waals surface area contributed by atoms with Crippen LogP contribution in [0.4, 0.5) is 0 Å². The Kier molecular flexibility index (Phi) is 5.36. The van der Waals surface area contributed by atoms with Crippen LogP contribution in [0.5, 0.6) is 11.5 Å². The Labute approximate surface area is 142 Å². The largest absolute Gasteiger partial charge is 0.486 e. The van der Waals surface area contributed by atoms with Crippen molar-refractivity contribution >= 4 is 5.91 Å². The van der Waals surface area contributed by atoms with Gasteiger partial charge in [0.05, 0.1) is 0 Å². The van der Waals surface area contributed by atoms with E-state index in [0.717, 1.165) is 17.1 Å². The molecule has 0 aromatic heterocycles. The minimum Gasteiger partial charge on any atom is -0.486 e. The Morgan fingerprint density at radius 3 is 2.62 bits per heavy atom. The van der Waals surface area contributed by atoms with Crippen LogP contribution in [0.2, 0.25) is 0 Å². The normalized spacial score (nSPS) is 14.0. The minimum absolute atomic E-state index is 0.0765. The van der Waals surface area contributed by atoms with Crippen molar-refractivity contribution in [3.8, 4) is 11.5 Å². The molecule has 0 radical (unpaired) electrons. The predicted octanol–water partition coefficient (Wildman–Crippen LogP) is 3.31. The maximum Gasteiger partial charge on any atom is 0.220 e. The maximum atomic E-state index is 12.1. The number of ether oxygens (including phenoxy) is 2. The van der Waals surface area contributed by atoms with E-state index in [1.54, 1.807) is 0 Å². The maximum absolute atomic E-state index is 12.1. The van der Waals surface area contributed by atoms with Crippen molar-refractivity contribution in [2.24, 2.45) is 0 Å². The van der Waals surface area contributed by atoms with E-state index in [1.807, 2.05) is 36.4 Å². The van der Waals surface area contributed by atoms with Gasteiger partial charge < -0.3 is 14.8 Å².